The zero-order valence-electron chi connectivity index (χ0n) is 9.78. The van der Waals surface area contributed by atoms with E-state index in [0.717, 1.165) is 35.4 Å². The van der Waals surface area contributed by atoms with E-state index in [1.807, 2.05) is 18.3 Å². The van der Waals surface area contributed by atoms with Gasteiger partial charge in [0.15, 0.2) is 0 Å². The van der Waals surface area contributed by atoms with E-state index in [0.29, 0.717) is 5.56 Å². The lowest BCUT2D eigenvalue weighted by Crippen LogP contribution is -2.04. The van der Waals surface area contributed by atoms with Crippen molar-refractivity contribution in [3.8, 4) is 6.07 Å². The quantitative estimate of drug-likeness (QED) is 0.834. The van der Waals surface area contributed by atoms with Crippen molar-refractivity contribution in [3.63, 3.8) is 0 Å². The summed E-state index contributed by atoms with van der Waals surface area (Å²) in [6.07, 6.45) is 5.52. The molecule has 2 rings (SSSR count). The summed E-state index contributed by atoms with van der Waals surface area (Å²) in [4.78, 5) is 7.25. The van der Waals surface area contributed by atoms with Crippen LogP contribution in [0.4, 0.5) is 5.69 Å². The molecule has 0 amide bonds. The number of nitrogens with one attached hydrogen (secondary N) is 2. The van der Waals surface area contributed by atoms with Gasteiger partial charge in [-0.1, -0.05) is 0 Å². The molecule has 0 aliphatic rings. The van der Waals surface area contributed by atoms with Gasteiger partial charge in [0.2, 0.25) is 0 Å². The third-order valence-corrected chi connectivity index (χ3v) is 3.21. The molecule has 0 saturated carbocycles. The van der Waals surface area contributed by atoms with Gasteiger partial charge in [-0.25, -0.2) is 4.98 Å². The Labute approximate surface area is 114 Å². The number of hydrogen-bond acceptors (Lipinski definition) is 3. The van der Waals surface area contributed by atoms with Crippen molar-refractivity contribution in [1.29, 1.82) is 5.26 Å². The zero-order chi connectivity index (χ0) is 12.8. The summed E-state index contributed by atoms with van der Waals surface area (Å²) in [6, 6.07) is 7.64. The number of halogens is 1. The molecule has 1 heterocycles. The Kier molecular flexibility index (Phi) is 4.37. The number of anilines is 1. The van der Waals surface area contributed by atoms with Gasteiger partial charge in [0.05, 0.1) is 11.6 Å². The molecule has 2 N–H and O–H groups in total. The second-order valence-electron chi connectivity index (χ2n) is 3.87. The molecule has 0 atom stereocenters. The van der Waals surface area contributed by atoms with Crippen molar-refractivity contribution < 1.29 is 0 Å². The average Bonchev–Trinajstić information content (AvgIpc) is 2.89. The van der Waals surface area contributed by atoms with Gasteiger partial charge in [-0.15, -0.1) is 0 Å². The summed E-state index contributed by atoms with van der Waals surface area (Å²) in [7, 11) is 0. The number of rotatable bonds is 5. The van der Waals surface area contributed by atoms with Crippen LogP contribution in [0.15, 0.2) is 35.1 Å². The van der Waals surface area contributed by atoms with Crippen LogP contribution in [0.25, 0.3) is 0 Å². The van der Waals surface area contributed by atoms with Crippen LogP contribution < -0.4 is 5.32 Å². The molecule has 2 aromatic rings. The third-order valence-electron chi connectivity index (χ3n) is 2.56. The fraction of sp³-hybridized carbons (Fsp3) is 0.231. The lowest BCUT2D eigenvalue weighted by Gasteiger charge is -2.08. The SMILES string of the molecule is N#Cc1ccc(NCCCc2ncc[nH]2)c(Br)c1. The summed E-state index contributed by atoms with van der Waals surface area (Å²) in [5, 5.41) is 12.1. The topological polar surface area (TPSA) is 64.5 Å². The fourth-order valence-electron chi connectivity index (χ4n) is 1.64. The third kappa shape index (κ3) is 3.34. The minimum absolute atomic E-state index is 0.656. The Balaban J connectivity index is 1.82. The maximum atomic E-state index is 8.77. The van der Waals surface area contributed by atoms with E-state index >= 15 is 0 Å². The minimum Gasteiger partial charge on any atom is -0.384 e. The number of aromatic nitrogens is 2. The second kappa shape index (κ2) is 6.22. The molecule has 5 heteroatoms. The molecule has 4 nitrogen and oxygen atoms in total. The predicted octanol–water partition coefficient (Wildman–Crippen LogP) is 3.09. The van der Waals surface area contributed by atoms with Crippen LogP contribution in [0.1, 0.15) is 17.8 Å². The summed E-state index contributed by atoms with van der Waals surface area (Å²) >= 11 is 3.45. The molecular formula is C13H13BrN4. The van der Waals surface area contributed by atoms with Crippen LogP contribution in [-0.4, -0.2) is 16.5 Å². The number of H-pyrrole nitrogens is 1. The number of nitriles is 1. The van der Waals surface area contributed by atoms with Crippen molar-refractivity contribution in [2.45, 2.75) is 12.8 Å². The maximum Gasteiger partial charge on any atom is 0.106 e. The van der Waals surface area contributed by atoms with E-state index < -0.39 is 0 Å². The minimum atomic E-state index is 0.656. The van der Waals surface area contributed by atoms with E-state index in [1.165, 1.54) is 0 Å². The Morgan fingerprint density at radius 1 is 1.44 bits per heavy atom. The second-order valence-corrected chi connectivity index (χ2v) is 4.73. The number of benzene rings is 1. The van der Waals surface area contributed by atoms with Crippen LogP contribution in [0, 0.1) is 11.3 Å². The van der Waals surface area contributed by atoms with Gasteiger partial charge < -0.3 is 10.3 Å². The number of nitrogens with zero attached hydrogens (tertiary/aromatic N) is 2. The number of hydrogen-bond donors (Lipinski definition) is 2. The van der Waals surface area contributed by atoms with Crippen molar-refractivity contribution in [2.24, 2.45) is 0 Å². The summed E-state index contributed by atoms with van der Waals surface area (Å²) in [5.41, 5.74) is 1.66. The number of aromatic amines is 1. The molecule has 18 heavy (non-hydrogen) atoms. The lowest BCUT2D eigenvalue weighted by molar-refractivity contribution is 0.816. The molecule has 1 aromatic carbocycles. The van der Waals surface area contributed by atoms with Gasteiger partial charge in [0.1, 0.15) is 5.82 Å². The molecule has 92 valence electrons. The fourth-order valence-corrected chi connectivity index (χ4v) is 2.16. The van der Waals surface area contributed by atoms with Crippen molar-refractivity contribution >= 4 is 21.6 Å². The monoisotopic (exact) mass is 304 g/mol. The Morgan fingerprint density at radius 2 is 2.33 bits per heavy atom. The molecular weight excluding hydrogens is 292 g/mol. The van der Waals surface area contributed by atoms with Gasteiger partial charge in [-0.2, -0.15) is 5.26 Å². The molecule has 1 aromatic heterocycles. The van der Waals surface area contributed by atoms with E-state index in [2.05, 4.69) is 37.3 Å². The van der Waals surface area contributed by atoms with Gasteiger partial charge in [-0.3, -0.25) is 0 Å². The smallest absolute Gasteiger partial charge is 0.106 e. The van der Waals surface area contributed by atoms with Crippen molar-refractivity contribution in [1.82, 2.24) is 9.97 Å². The molecule has 0 unspecified atom stereocenters. The van der Waals surface area contributed by atoms with Crippen LogP contribution in [0.5, 0.6) is 0 Å². The highest BCUT2D eigenvalue weighted by Gasteiger charge is 2.01. The number of aryl methyl sites for hydroxylation is 1. The maximum absolute atomic E-state index is 8.77. The van der Waals surface area contributed by atoms with E-state index in [4.69, 9.17) is 5.26 Å². The predicted molar refractivity (Wildman–Crippen MR) is 74.3 cm³/mol. The number of imidazole rings is 1. The highest BCUT2D eigenvalue weighted by atomic mass is 79.9. The molecule has 0 aliphatic carbocycles. The zero-order valence-corrected chi connectivity index (χ0v) is 11.4. The normalized spacial score (nSPS) is 10.0. The van der Waals surface area contributed by atoms with E-state index in [1.54, 1.807) is 12.3 Å². The molecule has 0 aliphatic heterocycles. The van der Waals surface area contributed by atoms with Gasteiger partial charge in [0.25, 0.3) is 0 Å². The van der Waals surface area contributed by atoms with E-state index in [-0.39, 0.29) is 0 Å². The summed E-state index contributed by atoms with van der Waals surface area (Å²) < 4.78 is 0.916. The van der Waals surface area contributed by atoms with Crippen LogP contribution in [0.3, 0.4) is 0 Å². The Morgan fingerprint density at radius 3 is 3.00 bits per heavy atom. The highest BCUT2D eigenvalue weighted by molar-refractivity contribution is 9.10. The van der Waals surface area contributed by atoms with Gasteiger partial charge in [0, 0.05) is 35.5 Å². The first-order valence-electron chi connectivity index (χ1n) is 5.71. The molecule has 0 fully saturated rings. The molecule has 0 saturated heterocycles. The lowest BCUT2D eigenvalue weighted by atomic mass is 10.2. The first kappa shape index (κ1) is 12.7. The molecule has 0 bridgehead atoms. The largest absolute Gasteiger partial charge is 0.384 e. The summed E-state index contributed by atoms with van der Waals surface area (Å²) in [6.45, 7) is 0.866. The standard InChI is InChI=1S/C13H13BrN4/c14-11-8-10(9-15)3-4-12(11)16-5-1-2-13-17-6-7-18-13/h3-4,6-8,16H,1-2,5H2,(H,17,18). The Hall–Kier alpha value is -1.80. The first-order valence-corrected chi connectivity index (χ1v) is 6.50. The molecule has 0 spiro atoms. The van der Waals surface area contributed by atoms with Gasteiger partial charge >= 0.3 is 0 Å². The first-order chi connectivity index (χ1) is 8.79. The Bertz CT molecular complexity index is 543. The van der Waals surface area contributed by atoms with Crippen molar-refractivity contribution in [2.75, 3.05) is 11.9 Å². The van der Waals surface area contributed by atoms with Crippen LogP contribution >= 0.6 is 15.9 Å². The van der Waals surface area contributed by atoms with Crippen LogP contribution in [0.2, 0.25) is 0 Å². The van der Waals surface area contributed by atoms with E-state index in [9.17, 15) is 0 Å². The van der Waals surface area contributed by atoms with Crippen molar-refractivity contribution in [3.05, 3.63) is 46.5 Å². The molecule has 0 radical (unpaired) electrons. The van der Waals surface area contributed by atoms with Crippen LogP contribution in [-0.2, 0) is 6.42 Å². The highest BCUT2D eigenvalue weighted by Crippen LogP contribution is 2.23. The average molecular weight is 305 g/mol. The summed E-state index contributed by atoms with van der Waals surface area (Å²) in [5.74, 6) is 1.01. The van der Waals surface area contributed by atoms with Gasteiger partial charge in [-0.05, 0) is 40.5 Å².